The van der Waals surface area contributed by atoms with Crippen LogP contribution in [0.3, 0.4) is 0 Å². The summed E-state index contributed by atoms with van der Waals surface area (Å²) in [5, 5.41) is 4.05. The van der Waals surface area contributed by atoms with E-state index in [0.717, 1.165) is 23.1 Å². The smallest absolute Gasteiger partial charge is 0.355 e. The molecule has 0 aliphatic carbocycles. The zero-order chi connectivity index (χ0) is 13.8. The Labute approximate surface area is 107 Å². The number of hydrogen-bond donors (Lipinski definition) is 1. The van der Waals surface area contributed by atoms with Crippen molar-refractivity contribution in [1.82, 2.24) is 10.3 Å². The fourth-order valence-electron chi connectivity index (χ4n) is 1.21. The molecule has 1 aromatic rings. The molecule has 1 heterocycles. The molecule has 1 amide bonds. The summed E-state index contributed by atoms with van der Waals surface area (Å²) in [7, 11) is 0. The summed E-state index contributed by atoms with van der Waals surface area (Å²) in [6, 6.07) is 0. The van der Waals surface area contributed by atoms with Crippen molar-refractivity contribution in [3.05, 3.63) is 16.1 Å². The number of nitrogens with zero attached hydrogens (tertiary/aromatic N) is 1. The maximum Gasteiger partial charge on any atom is 0.434 e. The van der Waals surface area contributed by atoms with Gasteiger partial charge in [0.2, 0.25) is 5.91 Å². The van der Waals surface area contributed by atoms with Gasteiger partial charge in [-0.2, -0.15) is 13.2 Å². The van der Waals surface area contributed by atoms with Gasteiger partial charge in [0, 0.05) is 24.3 Å². The van der Waals surface area contributed by atoms with Gasteiger partial charge in [0.15, 0.2) is 5.69 Å². The van der Waals surface area contributed by atoms with Crippen LogP contribution in [0.1, 0.15) is 31.0 Å². The number of thiazole rings is 1. The van der Waals surface area contributed by atoms with Crippen LogP contribution < -0.4 is 5.32 Å². The standard InChI is InChI=1S/C11H15F3N2OS/c1-3-7(2)10(17)15-5-4-9-16-8(6-18-9)11(12,13)14/h6-7H,3-5H2,1-2H3,(H,15,17). The highest BCUT2D eigenvalue weighted by Gasteiger charge is 2.33. The molecule has 18 heavy (non-hydrogen) atoms. The van der Waals surface area contributed by atoms with Crippen molar-refractivity contribution in [1.29, 1.82) is 0 Å². The molecule has 0 bridgehead atoms. The zero-order valence-corrected chi connectivity index (χ0v) is 11.0. The molecule has 0 fully saturated rings. The third kappa shape index (κ3) is 4.29. The second kappa shape index (κ2) is 6.17. The van der Waals surface area contributed by atoms with Crippen LogP contribution in [0.4, 0.5) is 13.2 Å². The monoisotopic (exact) mass is 280 g/mol. The molecule has 3 nitrogen and oxygen atoms in total. The van der Waals surface area contributed by atoms with Gasteiger partial charge in [-0.25, -0.2) is 4.98 Å². The lowest BCUT2D eigenvalue weighted by molar-refractivity contribution is -0.140. The van der Waals surface area contributed by atoms with E-state index in [9.17, 15) is 18.0 Å². The van der Waals surface area contributed by atoms with Crippen LogP contribution in [0.15, 0.2) is 5.38 Å². The molecule has 0 aliphatic heterocycles. The van der Waals surface area contributed by atoms with Crippen LogP contribution in [0.25, 0.3) is 0 Å². The van der Waals surface area contributed by atoms with Gasteiger partial charge < -0.3 is 5.32 Å². The SMILES string of the molecule is CCC(C)C(=O)NCCc1nc(C(F)(F)F)cs1. The van der Waals surface area contributed by atoms with Crippen molar-refractivity contribution in [3.8, 4) is 0 Å². The van der Waals surface area contributed by atoms with Gasteiger partial charge in [-0.05, 0) is 6.42 Å². The van der Waals surface area contributed by atoms with Crippen LogP contribution in [0.2, 0.25) is 0 Å². The van der Waals surface area contributed by atoms with E-state index in [4.69, 9.17) is 0 Å². The molecule has 0 saturated carbocycles. The van der Waals surface area contributed by atoms with Gasteiger partial charge in [0.1, 0.15) is 0 Å². The first-order chi connectivity index (χ1) is 8.34. The number of amides is 1. The minimum absolute atomic E-state index is 0.0768. The molecule has 1 unspecified atom stereocenters. The molecule has 7 heteroatoms. The maximum absolute atomic E-state index is 12.3. The lowest BCUT2D eigenvalue weighted by Gasteiger charge is -2.08. The van der Waals surface area contributed by atoms with E-state index in [1.807, 2.05) is 6.92 Å². The van der Waals surface area contributed by atoms with Gasteiger partial charge >= 0.3 is 6.18 Å². The summed E-state index contributed by atoms with van der Waals surface area (Å²) in [4.78, 5) is 14.9. The fourth-order valence-corrected chi connectivity index (χ4v) is 2.01. The van der Waals surface area contributed by atoms with E-state index in [2.05, 4.69) is 10.3 Å². The minimum Gasteiger partial charge on any atom is -0.355 e. The van der Waals surface area contributed by atoms with E-state index < -0.39 is 11.9 Å². The molecule has 0 saturated heterocycles. The molecule has 1 rings (SSSR count). The third-order valence-corrected chi connectivity index (χ3v) is 3.45. The zero-order valence-electron chi connectivity index (χ0n) is 10.2. The molecule has 0 aliphatic rings. The Morgan fingerprint density at radius 3 is 2.72 bits per heavy atom. The van der Waals surface area contributed by atoms with Gasteiger partial charge in [0.05, 0.1) is 5.01 Å². The van der Waals surface area contributed by atoms with Crippen LogP contribution in [-0.2, 0) is 17.4 Å². The van der Waals surface area contributed by atoms with Crippen LogP contribution in [-0.4, -0.2) is 17.4 Å². The van der Waals surface area contributed by atoms with Crippen LogP contribution in [0, 0.1) is 5.92 Å². The average molecular weight is 280 g/mol. The van der Waals surface area contributed by atoms with Crippen molar-refractivity contribution >= 4 is 17.2 Å². The summed E-state index contributed by atoms with van der Waals surface area (Å²) in [6.45, 7) is 4.02. The molecule has 0 spiro atoms. The first-order valence-corrected chi connectivity index (χ1v) is 6.51. The molecular formula is C11H15F3N2OS. The van der Waals surface area contributed by atoms with E-state index in [1.54, 1.807) is 6.92 Å². The van der Waals surface area contributed by atoms with Crippen LogP contribution >= 0.6 is 11.3 Å². The highest BCUT2D eigenvalue weighted by atomic mass is 32.1. The average Bonchev–Trinajstić information content (AvgIpc) is 2.76. The van der Waals surface area contributed by atoms with E-state index in [1.165, 1.54) is 0 Å². The molecule has 102 valence electrons. The number of carbonyl (C=O) groups excluding carboxylic acids is 1. The Hall–Kier alpha value is -1.11. The van der Waals surface area contributed by atoms with Crippen molar-refractivity contribution in [2.45, 2.75) is 32.9 Å². The second-order valence-electron chi connectivity index (χ2n) is 3.97. The topological polar surface area (TPSA) is 42.0 Å². The number of hydrogen-bond acceptors (Lipinski definition) is 3. The maximum atomic E-state index is 12.3. The summed E-state index contributed by atoms with van der Waals surface area (Å²) >= 11 is 0.960. The number of carbonyl (C=O) groups is 1. The predicted molar refractivity (Wildman–Crippen MR) is 63.3 cm³/mol. The van der Waals surface area contributed by atoms with Crippen LogP contribution in [0.5, 0.6) is 0 Å². The van der Waals surface area contributed by atoms with Gasteiger partial charge in [-0.1, -0.05) is 13.8 Å². The largest absolute Gasteiger partial charge is 0.434 e. The van der Waals surface area contributed by atoms with Gasteiger partial charge in [0.25, 0.3) is 0 Å². The highest BCUT2D eigenvalue weighted by Crippen LogP contribution is 2.29. The second-order valence-corrected chi connectivity index (χ2v) is 4.92. The number of nitrogens with one attached hydrogen (secondary N) is 1. The van der Waals surface area contributed by atoms with Crippen molar-refractivity contribution in [3.63, 3.8) is 0 Å². The molecule has 1 atom stereocenters. The first kappa shape index (κ1) is 14.9. The molecule has 0 radical (unpaired) electrons. The minimum atomic E-state index is -4.39. The Kier molecular flexibility index (Phi) is 5.13. The molecule has 1 aromatic heterocycles. The fraction of sp³-hybridized carbons (Fsp3) is 0.636. The summed E-state index contributed by atoms with van der Waals surface area (Å²) in [6.07, 6.45) is -3.33. The number of aromatic nitrogens is 1. The van der Waals surface area contributed by atoms with E-state index in [-0.39, 0.29) is 11.8 Å². The lowest BCUT2D eigenvalue weighted by atomic mass is 10.1. The Bertz CT molecular complexity index is 403. The van der Waals surface area contributed by atoms with Gasteiger partial charge in [-0.15, -0.1) is 11.3 Å². The predicted octanol–water partition coefficient (Wildman–Crippen LogP) is 2.87. The molecular weight excluding hydrogens is 265 g/mol. The summed E-state index contributed by atoms with van der Waals surface area (Å²) in [5.41, 5.74) is -0.865. The third-order valence-electron chi connectivity index (χ3n) is 2.54. The lowest BCUT2D eigenvalue weighted by Crippen LogP contribution is -2.30. The summed E-state index contributed by atoms with van der Waals surface area (Å²) in [5.74, 6) is -0.155. The highest BCUT2D eigenvalue weighted by molar-refractivity contribution is 7.09. The Morgan fingerprint density at radius 2 is 2.22 bits per heavy atom. The number of rotatable bonds is 5. The Morgan fingerprint density at radius 1 is 1.56 bits per heavy atom. The van der Waals surface area contributed by atoms with Gasteiger partial charge in [-0.3, -0.25) is 4.79 Å². The van der Waals surface area contributed by atoms with E-state index in [0.29, 0.717) is 18.0 Å². The number of alkyl halides is 3. The quantitative estimate of drug-likeness (QED) is 0.901. The van der Waals surface area contributed by atoms with E-state index >= 15 is 0 Å². The molecule has 1 N–H and O–H groups in total. The van der Waals surface area contributed by atoms with Crippen molar-refractivity contribution in [2.24, 2.45) is 5.92 Å². The van der Waals surface area contributed by atoms with Crippen molar-refractivity contribution in [2.75, 3.05) is 6.54 Å². The normalized spacial score (nSPS) is 13.4. The number of halogens is 3. The summed E-state index contributed by atoms with van der Waals surface area (Å²) < 4.78 is 36.8. The van der Waals surface area contributed by atoms with Crippen molar-refractivity contribution < 1.29 is 18.0 Å². The first-order valence-electron chi connectivity index (χ1n) is 5.64. The Balaban J connectivity index is 2.41. The molecule has 0 aromatic carbocycles.